The Hall–Kier alpha value is -4.66. The van der Waals surface area contributed by atoms with E-state index < -0.39 is 17.5 Å². The normalized spacial score (nSPS) is 13.9. The lowest BCUT2D eigenvalue weighted by atomic mass is 10.1. The second kappa shape index (κ2) is 8.84. The maximum Gasteiger partial charge on any atom is 0.295 e. The van der Waals surface area contributed by atoms with E-state index in [1.165, 1.54) is 11.1 Å². The number of H-pyrrole nitrogens is 1. The van der Waals surface area contributed by atoms with Crippen LogP contribution in [-0.4, -0.2) is 62.7 Å². The van der Waals surface area contributed by atoms with Gasteiger partial charge in [0.2, 0.25) is 0 Å². The summed E-state index contributed by atoms with van der Waals surface area (Å²) in [4.78, 5) is 45.9. The van der Waals surface area contributed by atoms with Gasteiger partial charge >= 0.3 is 0 Å². The number of pyridine rings is 3. The van der Waals surface area contributed by atoms with Gasteiger partial charge in [-0.2, -0.15) is 0 Å². The van der Waals surface area contributed by atoms with Crippen molar-refractivity contribution >= 4 is 39.2 Å². The maximum atomic E-state index is 14.8. The van der Waals surface area contributed by atoms with Crippen LogP contribution in [0.4, 0.5) is 10.2 Å². The van der Waals surface area contributed by atoms with Gasteiger partial charge in [-0.15, -0.1) is 0 Å². The number of rotatable bonds is 4. The minimum Gasteiger partial charge on any atom is -0.359 e. The van der Waals surface area contributed by atoms with Gasteiger partial charge in [-0.1, -0.05) is 30.3 Å². The SMILES string of the molecule is O=C(C(=O)N1CCN(c2nccc3ccccc23)CC1)c1c[nH]c2c(-c3ccccn3)ncc(F)c12. The predicted octanol–water partition coefficient (Wildman–Crippen LogP) is 3.84. The molecule has 0 radical (unpaired) electrons. The zero-order valence-corrected chi connectivity index (χ0v) is 19.2. The van der Waals surface area contributed by atoms with Gasteiger partial charge in [-0.3, -0.25) is 14.6 Å². The molecule has 9 heteroatoms. The molecule has 8 nitrogen and oxygen atoms in total. The van der Waals surface area contributed by atoms with Crippen LogP contribution in [0.2, 0.25) is 0 Å². The Morgan fingerprint density at radius 1 is 0.889 bits per heavy atom. The Labute approximate surface area is 205 Å². The van der Waals surface area contributed by atoms with E-state index in [4.69, 9.17) is 0 Å². The topological polar surface area (TPSA) is 95.1 Å². The molecule has 0 aliphatic carbocycles. The van der Waals surface area contributed by atoms with Gasteiger partial charge in [0.1, 0.15) is 11.5 Å². The Morgan fingerprint density at radius 3 is 2.50 bits per heavy atom. The number of piperazine rings is 1. The van der Waals surface area contributed by atoms with Crippen molar-refractivity contribution in [2.24, 2.45) is 0 Å². The number of nitrogens with one attached hydrogen (secondary N) is 1. The van der Waals surface area contributed by atoms with Crippen LogP contribution in [0.15, 0.2) is 73.3 Å². The number of benzene rings is 1. The van der Waals surface area contributed by atoms with Crippen LogP contribution >= 0.6 is 0 Å². The fourth-order valence-electron chi connectivity index (χ4n) is 4.72. The number of amides is 1. The molecule has 1 aromatic carbocycles. The van der Waals surface area contributed by atoms with Gasteiger partial charge in [0.05, 0.1) is 28.4 Å². The molecule has 1 aliphatic heterocycles. The highest BCUT2D eigenvalue weighted by Gasteiger charge is 2.30. The van der Waals surface area contributed by atoms with Crippen molar-refractivity contribution in [1.29, 1.82) is 0 Å². The summed E-state index contributed by atoms with van der Waals surface area (Å²) in [5, 5.41) is 2.18. The highest BCUT2D eigenvalue weighted by Crippen LogP contribution is 2.30. The van der Waals surface area contributed by atoms with E-state index in [0.717, 1.165) is 22.8 Å². The van der Waals surface area contributed by atoms with Crippen molar-refractivity contribution < 1.29 is 14.0 Å². The summed E-state index contributed by atoms with van der Waals surface area (Å²) in [6.45, 7) is 1.80. The molecule has 1 N–H and O–H groups in total. The molecular weight excluding hydrogens is 459 g/mol. The summed E-state index contributed by atoms with van der Waals surface area (Å²) in [6.07, 6.45) is 5.81. The zero-order valence-electron chi connectivity index (χ0n) is 19.2. The molecule has 0 atom stereocenters. The molecule has 0 spiro atoms. The largest absolute Gasteiger partial charge is 0.359 e. The van der Waals surface area contributed by atoms with Crippen molar-refractivity contribution in [1.82, 2.24) is 24.8 Å². The molecule has 178 valence electrons. The number of carbonyl (C=O) groups is 2. The number of Topliss-reactive ketones (excluding diaryl/α,β-unsaturated/α-hetero) is 1. The molecule has 1 amide bonds. The number of fused-ring (bicyclic) bond motifs is 2. The van der Waals surface area contributed by atoms with Crippen LogP contribution in [0.25, 0.3) is 33.1 Å². The van der Waals surface area contributed by atoms with Crippen molar-refractivity contribution in [3.63, 3.8) is 0 Å². The summed E-state index contributed by atoms with van der Waals surface area (Å²) in [6, 6.07) is 15.3. The maximum absolute atomic E-state index is 14.8. The molecule has 5 heterocycles. The standard InChI is InChI=1S/C27H21FN6O2/c28-20-16-32-23(21-7-3-4-9-29-21)24-22(20)19(15-31-24)25(35)27(36)34-13-11-33(12-14-34)26-18-6-2-1-5-17(18)8-10-30-26/h1-10,15-16,31H,11-14H2. The third kappa shape index (κ3) is 3.65. The van der Waals surface area contributed by atoms with Crippen molar-refractivity contribution in [3.8, 4) is 11.4 Å². The third-order valence-electron chi connectivity index (χ3n) is 6.53. The fourth-order valence-corrected chi connectivity index (χ4v) is 4.72. The van der Waals surface area contributed by atoms with E-state index in [1.807, 2.05) is 30.3 Å². The van der Waals surface area contributed by atoms with Gasteiger partial charge in [0.25, 0.3) is 11.7 Å². The van der Waals surface area contributed by atoms with E-state index in [9.17, 15) is 14.0 Å². The van der Waals surface area contributed by atoms with E-state index in [-0.39, 0.29) is 10.9 Å². The Bertz CT molecular complexity index is 1600. The van der Waals surface area contributed by atoms with Crippen LogP contribution in [0.3, 0.4) is 0 Å². The van der Waals surface area contributed by atoms with Crippen LogP contribution in [0.5, 0.6) is 0 Å². The molecule has 1 fully saturated rings. The second-order valence-electron chi connectivity index (χ2n) is 8.59. The number of anilines is 1. The van der Waals surface area contributed by atoms with Crippen LogP contribution in [0.1, 0.15) is 10.4 Å². The highest BCUT2D eigenvalue weighted by molar-refractivity contribution is 6.45. The number of aromatic amines is 1. The highest BCUT2D eigenvalue weighted by atomic mass is 19.1. The predicted molar refractivity (Wildman–Crippen MR) is 134 cm³/mol. The molecule has 6 rings (SSSR count). The number of nitrogens with zero attached hydrogens (tertiary/aromatic N) is 5. The molecule has 0 unspecified atom stereocenters. The third-order valence-corrected chi connectivity index (χ3v) is 6.53. The molecule has 36 heavy (non-hydrogen) atoms. The summed E-state index contributed by atoms with van der Waals surface area (Å²) in [5.74, 6) is -1.22. The first-order valence-corrected chi connectivity index (χ1v) is 11.6. The summed E-state index contributed by atoms with van der Waals surface area (Å²) >= 11 is 0. The quantitative estimate of drug-likeness (QED) is 0.310. The zero-order chi connectivity index (χ0) is 24.6. The lowest BCUT2D eigenvalue weighted by Crippen LogP contribution is -2.50. The molecule has 4 aromatic heterocycles. The van der Waals surface area contributed by atoms with E-state index in [2.05, 4.69) is 24.8 Å². The van der Waals surface area contributed by atoms with E-state index in [1.54, 1.807) is 30.6 Å². The van der Waals surface area contributed by atoms with Crippen LogP contribution in [0, 0.1) is 5.82 Å². The number of hydrogen-bond acceptors (Lipinski definition) is 6. The molecule has 1 saturated heterocycles. The fraction of sp³-hybridized carbons (Fsp3) is 0.148. The monoisotopic (exact) mass is 480 g/mol. The van der Waals surface area contributed by atoms with E-state index >= 15 is 0 Å². The van der Waals surface area contributed by atoms with Gasteiger partial charge in [-0.05, 0) is 23.6 Å². The van der Waals surface area contributed by atoms with Gasteiger partial charge in [0.15, 0.2) is 5.82 Å². The summed E-state index contributed by atoms with van der Waals surface area (Å²) < 4.78 is 14.8. The van der Waals surface area contributed by atoms with Gasteiger partial charge in [0, 0.05) is 50.2 Å². The average molecular weight is 481 g/mol. The Morgan fingerprint density at radius 2 is 1.69 bits per heavy atom. The van der Waals surface area contributed by atoms with Gasteiger partial charge < -0.3 is 14.8 Å². The Kier molecular flexibility index (Phi) is 5.37. The number of ketones is 1. The molecule has 5 aromatic rings. The number of aromatic nitrogens is 4. The van der Waals surface area contributed by atoms with Crippen LogP contribution < -0.4 is 4.90 Å². The number of hydrogen-bond donors (Lipinski definition) is 1. The Balaban J connectivity index is 1.24. The first-order chi connectivity index (χ1) is 17.6. The molecule has 0 bridgehead atoms. The first kappa shape index (κ1) is 21.8. The smallest absolute Gasteiger partial charge is 0.295 e. The molecule has 1 aliphatic rings. The molecular formula is C27H21FN6O2. The van der Waals surface area contributed by atoms with Crippen LogP contribution in [-0.2, 0) is 4.79 Å². The lowest BCUT2D eigenvalue weighted by Gasteiger charge is -2.35. The van der Waals surface area contributed by atoms with Crippen molar-refractivity contribution in [2.45, 2.75) is 0 Å². The van der Waals surface area contributed by atoms with E-state index in [0.29, 0.717) is 43.1 Å². The second-order valence-corrected chi connectivity index (χ2v) is 8.59. The lowest BCUT2D eigenvalue weighted by molar-refractivity contribution is -0.126. The average Bonchev–Trinajstić information content (AvgIpc) is 3.39. The minimum absolute atomic E-state index is 0.00905. The number of carbonyl (C=O) groups excluding carboxylic acids is 2. The minimum atomic E-state index is -0.755. The van der Waals surface area contributed by atoms with Crippen molar-refractivity contribution in [3.05, 3.63) is 84.7 Å². The van der Waals surface area contributed by atoms with Crippen molar-refractivity contribution in [2.75, 3.05) is 31.1 Å². The summed E-state index contributed by atoms with van der Waals surface area (Å²) in [7, 11) is 0. The first-order valence-electron chi connectivity index (χ1n) is 11.6. The summed E-state index contributed by atoms with van der Waals surface area (Å²) in [5.41, 5.74) is 1.27. The molecule has 0 saturated carbocycles. The number of halogens is 1. The van der Waals surface area contributed by atoms with Gasteiger partial charge in [-0.25, -0.2) is 14.4 Å².